The number of carbonyl (C=O) groups is 2. The molecule has 58 valence electrons. The van der Waals surface area contributed by atoms with Gasteiger partial charge >= 0.3 is 5.97 Å². The topological polar surface area (TPSA) is 66.7 Å². The molecule has 0 unspecified atom stereocenters. The zero-order valence-corrected chi connectivity index (χ0v) is 6.00. The highest BCUT2D eigenvalue weighted by Crippen LogP contribution is 2.05. The van der Waals surface area contributed by atoms with Gasteiger partial charge in [0.1, 0.15) is 5.71 Å². The van der Waals surface area contributed by atoms with Crippen LogP contribution in [0.3, 0.4) is 0 Å². The molecule has 0 fully saturated rings. The summed E-state index contributed by atoms with van der Waals surface area (Å²) in [5, 5.41) is 8.46. The van der Waals surface area contributed by atoms with Gasteiger partial charge in [0.15, 0.2) is 5.78 Å². The molecule has 1 N–H and O–H groups in total. The number of rotatable bonds is 2. The van der Waals surface area contributed by atoms with E-state index in [2.05, 4.69) is 4.99 Å². The average Bonchev–Trinajstić information content (AvgIpc) is 2.33. The number of carbonyl (C=O) groups excluding carboxylic acids is 1. The number of carboxylic acids is 1. The van der Waals surface area contributed by atoms with Crippen molar-refractivity contribution in [1.29, 1.82) is 0 Å². The minimum absolute atomic E-state index is 0.115. The molecule has 4 nitrogen and oxygen atoms in total. The molecule has 1 aliphatic heterocycles. The van der Waals surface area contributed by atoms with Crippen molar-refractivity contribution in [2.45, 2.75) is 6.92 Å². The van der Waals surface area contributed by atoms with Gasteiger partial charge in [-0.15, -0.1) is 0 Å². The van der Waals surface area contributed by atoms with E-state index in [4.69, 9.17) is 5.11 Å². The fourth-order valence-corrected chi connectivity index (χ4v) is 0.769. The van der Waals surface area contributed by atoms with Crippen LogP contribution in [0.4, 0.5) is 0 Å². The van der Waals surface area contributed by atoms with Gasteiger partial charge in [-0.1, -0.05) is 0 Å². The molecule has 0 aromatic rings. The molecule has 0 aromatic carbocycles. The zero-order chi connectivity index (χ0) is 8.43. The van der Waals surface area contributed by atoms with Crippen LogP contribution in [0.2, 0.25) is 0 Å². The average molecular weight is 153 g/mol. The molecule has 0 radical (unpaired) electrons. The van der Waals surface area contributed by atoms with Gasteiger partial charge in [-0.3, -0.25) is 9.79 Å². The Morgan fingerprint density at radius 2 is 2.27 bits per heavy atom. The molecule has 0 bridgehead atoms. The zero-order valence-electron chi connectivity index (χ0n) is 6.00. The first-order valence-electron chi connectivity index (χ1n) is 3.10. The number of allylic oxidation sites excluding steroid dienone is 1. The Balaban J connectivity index is 2.79. The maximum Gasteiger partial charge on any atom is 0.333 e. The molecule has 11 heavy (non-hydrogen) atoms. The van der Waals surface area contributed by atoms with Crippen molar-refractivity contribution in [3.8, 4) is 0 Å². The lowest BCUT2D eigenvalue weighted by Crippen LogP contribution is -2.04. The highest BCUT2D eigenvalue weighted by atomic mass is 16.4. The van der Waals surface area contributed by atoms with Gasteiger partial charge in [-0.05, 0) is 6.08 Å². The van der Waals surface area contributed by atoms with E-state index in [1.165, 1.54) is 13.0 Å². The SMILES string of the molecule is CC(=O)C1=NCC(C(=O)O)=C1. The number of nitrogens with zero attached hydrogens (tertiary/aromatic N) is 1. The van der Waals surface area contributed by atoms with Crippen LogP contribution in [0.1, 0.15) is 6.92 Å². The molecule has 1 rings (SSSR count). The van der Waals surface area contributed by atoms with Crippen LogP contribution in [0.15, 0.2) is 16.6 Å². The molecule has 0 saturated heterocycles. The van der Waals surface area contributed by atoms with Crippen LogP contribution in [0.5, 0.6) is 0 Å². The Morgan fingerprint density at radius 3 is 2.55 bits per heavy atom. The fraction of sp³-hybridized carbons (Fsp3) is 0.286. The first-order valence-corrected chi connectivity index (χ1v) is 3.10. The Bertz CT molecular complexity index is 275. The number of ketones is 1. The molecule has 4 heteroatoms. The monoisotopic (exact) mass is 153 g/mol. The van der Waals surface area contributed by atoms with Gasteiger partial charge in [-0.2, -0.15) is 0 Å². The molecule has 1 aliphatic rings. The van der Waals surface area contributed by atoms with Gasteiger partial charge < -0.3 is 5.11 Å². The summed E-state index contributed by atoms with van der Waals surface area (Å²) in [7, 11) is 0. The van der Waals surface area contributed by atoms with Crippen molar-refractivity contribution in [2.24, 2.45) is 4.99 Å². The van der Waals surface area contributed by atoms with Crippen LogP contribution >= 0.6 is 0 Å². The van der Waals surface area contributed by atoms with Gasteiger partial charge in [0, 0.05) is 6.92 Å². The number of hydrogen-bond donors (Lipinski definition) is 1. The third kappa shape index (κ3) is 1.52. The maximum absolute atomic E-state index is 10.6. The van der Waals surface area contributed by atoms with E-state index >= 15 is 0 Å². The van der Waals surface area contributed by atoms with E-state index in [1.54, 1.807) is 0 Å². The Hall–Kier alpha value is -1.45. The van der Waals surface area contributed by atoms with Crippen LogP contribution in [0.25, 0.3) is 0 Å². The Morgan fingerprint density at radius 1 is 1.64 bits per heavy atom. The summed E-state index contributed by atoms with van der Waals surface area (Å²) in [5.74, 6) is -1.20. The summed E-state index contributed by atoms with van der Waals surface area (Å²) in [5.41, 5.74) is 0.428. The second-order valence-corrected chi connectivity index (χ2v) is 2.23. The van der Waals surface area contributed by atoms with Crippen molar-refractivity contribution in [3.63, 3.8) is 0 Å². The van der Waals surface area contributed by atoms with Crippen molar-refractivity contribution in [3.05, 3.63) is 11.6 Å². The van der Waals surface area contributed by atoms with E-state index in [0.717, 1.165) is 0 Å². The second kappa shape index (κ2) is 2.65. The van der Waals surface area contributed by atoms with Crippen molar-refractivity contribution in [2.75, 3.05) is 6.54 Å². The lowest BCUT2D eigenvalue weighted by atomic mass is 10.2. The largest absolute Gasteiger partial charge is 0.478 e. The highest BCUT2D eigenvalue weighted by molar-refractivity contribution is 6.44. The fourth-order valence-electron chi connectivity index (χ4n) is 0.769. The number of aliphatic imine (C=N–C) groups is 1. The molecule has 0 aromatic heterocycles. The smallest absolute Gasteiger partial charge is 0.333 e. The molecule has 0 aliphatic carbocycles. The van der Waals surface area contributed by atoms with Crippen LogP contribution < -0.4 is 0 Å². The van der Waals surface area contributed by atoms with Gasteiger partial charge in [0.2, 0.25) is 0 Å². The molecule has 0 amide bonds. The van der Waals surface area contributed by atoms with E-state index < -0.39 is 5.97 Å². The molecule has 0 saturated carbocycles. The van der Waals surface area contributed by atoms with Crippen LogP contribution in [-0.2, 0) is 9.59 Å². The first-order chi connectivity index (χ1) is 5.11. The highest BCUT2D eigenvalue weighted by Gasteiger charge is 2.16. The Kier molecular flexibility index (Phi) is 1.85. The minimum Gasteiger partial charge on any atom is -0.478 e. The number of Topliss-reactive ketones (excluding diaryl/α,β-unsaturated/α-hetero) is 1. The Labute approximate surface area is 63.2 Å². The molecular weight excluding hydrogens is 146 g/mol. The third-order valence-electron chi connectivity index (χ3n) is 1.37. The van der Waals surface area contributed by atoms with E-state index in [9.17, 15) is 9.59 Å². The first kappa shape index (κ1) is 7.65. The van der Waals surface area contributed by atoms with Crippen molar-refractivity contribution >= 4 is 17.5 Å². The molecule has 0 atom stereocenters. The van der Waals surface area contributed by atoms with E-state index in [0.29, 0.717) is 0 Å². The number of hydrogen-bond acceptors (Lipinski definition) is 3. The summed E-state index contributed by atoms with van der Waals surface area (Å²) >= 11 is 0. The van der Waals surface area contributed by atoms with E-state index in [-0.39, 0.29) is 23.6 Å². The molecular formula is C7H7NO3. The quantitative estimate of drug-likeness (QED) is 0.609. The number of aliphatic carboxylic acids is 1. The van der Waals surface area contributed by atoms with Crippen LogP contribution in [-0.4, -0.2) is 29.1 Å². The summed E-state index contributed by atoms with van der Waals surface area (Å²) in [4.78, 5) is 24.7. The van der Waals surface area contributed by atoms with Gasteiger partial charge in [0.05, 0.1) is 12.1 Å². The molecule has 1 heterocycles. The van der Waals surface area contributed by atoms with Gasteiger partial charge in [0.25, 0.3) is 0 Å². The normalized spacial score (nSPS) is 15.7. The lowest BCUT2D eigenvalue weighted by Gasteiger charge is -1.86. The van der Waals surface area contributed by atoms with Crippen molar-refractivity contribution < 1.29 is 14.7 Å². The second-order valence-electron chi connectivity index (χ2n) is 2.23. The van der Waals surface area contributed by atoms with E-state index in [1.807, 2.05) is 0 Å². The lowest BCUT2D eigenvalue weighted by molar-refractivity contribution is -0.132. The molecule has 0 spiro atoms. The van der Waals surface area contributed by atoms with Crippen molar-refractivity contribution in [1.82, 2.24) is 0 Å². The maximum atomic E-state index is 10.6. The summed E-state index contributed by atoms with van der Waals surface area (Å²) in [6.45, 7) is 1.48. The summed E-state index contributed by atoms with van der Waals surface area (Å²) < 4.78 is 0. The predicted molar refractivity (Wildman–Crippen MR) is 38.7 cm³/mol. The number of carboxylic acid groups (broad SMARTS) is 1. The van der Waals surface area contributed by atoms with Gasteiger partial charge in [-0.25, -0.2) is 4.79 Å². The summed E-state index contributed by atoms with van der Waals surface area (Å²) in [6.07, 6.45) is 1.31. The standard InChI is InChI=1S/C7H7NO3/c1-4(9)6-2-5(3-8-6)7(10)11/h2H,3H2,1H3,(H,10,11). The minimum atomic E-state index is -1.01. The van der Waals surface area contributed by atoms with Crippen LogP contribution in [0, 0.1) is 0 Å². The summed E-state index contributed by atoms with van der Waals surface area (Å²) in [6, 6.07) is 0. The third-order valence-corrected chi connectivity index (χ3v) is 1.37. The predicted octanol–water partition coefficient (Wildman–Crippen LogP) is 0.0410.